The Hall–Kier alpha value is -2.30. The molecule has 1 aromatic carbocycles. The fraction of sp³-hybridized carbons (Fsp3) is 0.421. The maximum absolute atomic E-state index is 12.4. The zero-order chi connectivity index (χ0) is 21.0. The molecule has 1 unspecified atom stereocenters. The first-order chi connectivity index (χ1) is 13.9. The number of thiazole rings is 1. The number of aromatic nitrogens is 1. The molecule has 1 aliphatic heterocycles. The smallest absolute Gasteiger partial charge is 0.355 e. The van der Waals surface area contributed by atoms with Crippen molar-refractivity contribution in [2.45, 2.75) is 29.3 Å². The summed E-state index contributed by atoms with van der Waals surface area (Å²) in [6, 6.07) is 4.92. The molecule has 2 aromatic rings. The van der Waals surface area contributed by atoms with Gasteiger partial charge >= 0.3 is 5.97 Å². The summed E-state index contributed by atoms with van der Waals surface area (Å²) in [6.07, 6.45) is 1.13. The molecular weight excluding hydrogens is 414 g/mol. The van der Waals surface area contributed by atoms with Gasteiger partial charge in [0.1, 0.15) is 11.5 Å². The summed E-state index contributed by atoms with van der Waals surface area (Å²) in [4.78, 5) is 29.3. The van der Waals surface area contributed by atoms with Crippen molar-refractivity contribution in [3.8, 4) is 11.5 Å². The van der Waals surface area contributed by atoms with Crippen molar-refractivity contribution in [3.05, 3.63) is 34.8 Å². The van der Waals surface area contributed by atoms with Crippen LogP contribution in [0.4, 0.5) is 0 Å². The predicted molar refractivity (Wildman–Crippen MR) is 111 cm³/mol. The lowest BCUT2D eigenvalue weighted by Crippen LogP contribution is -2.41. The predicted octanol–water partition coefficient (Wildman–Crippen LogP) is 2.64. The van der Waals surface area contributed by atoms with Crippen LogP contribution in [0, 0.1) is 0 Å². The molecule has 1 aromatic heterocycles. The van der Waals surface area contributed by atoms with Crippen LogP contribution in [0.25, 0.3) is 0 Å². The van der Waals surface area contributed by atoms with Crippen molar-refractivity contribution in [2.75, 3.05) is 26.5 Å². The minimum absolute atomic E-state index is 0.0415. The summed E-state index contributed by atoms with van der Waals surface area (Å²) >= 11 is 2.72. The Morgan fingerprint density at radius 1 is 1.45 bits per heavy atom. The lowest BCUT2D eigenvalue weighted by Gasteiger charge is -2.30. The van der Waals surface area contributed by atoms with Crippen molar-refractivity contribution in [3.63, 3.8) is 0 Å². The number of nitrogens with two attached hydrogens (primary N) is 1. The molecular formula is C19H23N3O5S2. The third-order valence-electron chi connectivity index (χ3n) is 4.85. The third kappa shape index (κ3) is 4.82. The second kappa shape index (κ2) is 9.47. The normalized spacial score (nSPS) is 17.4. The Kier molecular flexibility index (Phi) is 6.99. The average molecular weight is 438 g/mol. The number of rotatable bonds is 9. The summed E-state index contributed by atoms with van der Waals surface area (Å²) in [7, 11) is 3.18. The summed E-state index contributed by atoms with van der Waals surface area (Å²) in [5.41, 5.74) is 7.40. The molecule has 1 fully saturated rings. The van der Waals surface area contributed by atoms with E-state index in [0.717, 1.165) is 5.56 Å². The number of nitrogens with zero attached hydrogens (tertiary/aromatic N) is 2. The maximum atomic E-state index is 12.4. The van der Waals surface area contributed by atoms with Gasteiger partial charge in [0.25, 0.3) is 0 Å². The molecule has 0 aliphatic carbocycles. The van der Waals surface area contributed by atoms with Crippen LogP contribution in [-0.4, -0.2) is 59.4 Å². The molecule has 10 heteroatoms. The van der Waals surface area contributed by atoms with E-state index in [4.69, 9.17) is 20.3 Å². The van der Waals surface area contributed by atoms with Gasteiger partial charge in [0.2, 0.25) is 5.91 Å². The first-order valence-corrected chi connectivity index (χ1v) is 10.9. The maximum Gasteiger partial charge on any atom is 0.355 e. The largest absolute Gasteiger partial charge is 0.497 e. The van der Waals surface area contributed by atoms with Gasteiger partial charge in [-0.1, -0.05) is 11.8 Å². The second-order valence-corrected chi connectivity index (χ2v) is 8.68. The zero-order valence-corrected chi connectivity index (χ0v) is 17.8. The number of amides is 1. The molecule has 1 amide bonds. The molecule has 3 rings (SSSR count). The molecule has 3 N–H and O–H groups in total. The van der Waals surface area contributed by atoms with Gasteiger partial charge in [-0.3, -0.25) is 4.79 Å². The second-order valence-electron chi connectivity index (χ2n) is 6.48. The zero-order valence-electron chi connectivity index (χ0n) is 16.2. The summed E-state index contributed by atoms with van der Waals surface area (Å²) in [6.45, 7) is 0.510. The highest BCUT2D eigenvalue weighted by molar-refractivity contribution is 8.01. The van der Waals surface area contributed by atoms with Gasteiger partial charge < -0.3 is 25.2 Å². The number of ether oxygens (including phenoxy) is 2. The number of hydrogen-bond donors (Lipinski definition) is 2. The van der Waals surface area contributed by atoms with Gasteiger partial charge in [-0.2, -0.15) is 0 Å². The number of carbonyl (C=O) groups excluding carboxylic acids is 1. The molecule has 0 radical (unpaired) electrons. The molecule has 2 atom stereocenters. The Balaban J connectivity index is 1.68. The number of benzene rings is 1. The van der Waals surface area contributed by atoms with Crippen molar-refractivity contribution in [1.82, 2.24) is 9.88 Å². The minimum Gasteiger partial charge on any atom is -0.497 e. The summed E-state index contributed by atoms with van der Waals surface area (Å²) in [5.74, 6) is 0.979. The Morgan fingerprint density at radius 2 is 2.24 bits per heavy atom. The molecule has 1 aliphatic rings. The molecule has 1 saturated heterocycles. The fourth-order valence-corrected chi connectivity index (χ4v) is 5.19. The highest BCUT2D eigenvalue weighted by Gasteiger charge is 2.36. The number of aromatic carboxylic acids is 1. The van der Waals surface area contributed by atoms with Gasteiger partial charge in [0.05, 0.1) is 26.3 Å². The Labute approximate surface area is 177 Å². The van der Waals surface area contributed by atoms with E-state index in [1.807, 2.05) is 23.1 Å². The Bertz CT molecular complexity index is 888. The van der Waals surface area contributed by atoms with Crippen molar-refractivity contribution in [2.24, 2.45) is 5.73 Å². The lowest BCUT2D eigenvalue weighted by atomic mass is 9.97. The molecule has 8 nitrogen and oxygen atoms in total. The van der Waals surface area contributed by atoms with Crippen LogP contribution in [0.2, 0.25) is 0 Å². The van der Waals surface area contributed by atoms with Crippen LogP contribution in [0.3, 0.4) is 0 Å². The Morgan fingerprint density at radius 3 is 2.90 bits per heavy atom. The van der Waals surface area contributed by atoms with Crippen molar-refractivity contribution < 1.29 is 24.2 Å². The van der Waals surface area contributed by atoms with E-state index in [2.05, 4.69) is 4.98 Å². The van der Waals surface area contributed by atoms with E-state index >= 15 is 0 Å². The van der Waals surface area contributed by atoms with E-state index in [9.17, 15) is 9.59 Å². The average Bonchev–Trinajstić information content (AvgIpc) is 3.34. The minimum atomic E-state index is -1.04. The highest BCUT2D eigenvalue weighted by atomic mass is 32.2. The van der Waals surface area contributed by atoms with Gasteiger partial charge in [-0.05, 0) is 24.6 Å². The number of likely N-dealkylation sites (tertiary alicyclic amines) is 1. The summed E-state index contributed by atoms with van der Waals surface area (Å²) < 4.78 is 11.4. The fourth-order valence-electron chi connectivity index (χ4n) is 3.38. The molecule has 29 heavy (non-hydrogen) atoms. The van der Waals surface area contributed by atoms with E-state index < -0.39 is 12.0 Å². The number of thioether (sulfide) groups is 1. The van der Waals surface area contributed by atoms with Crippen LogP contribution < -0.4 is 15.2 Å². The summed E-state index contributed by atoms with van der Waals surface area (Å²) in [5, 5.41) is 10.5. The number of methoxy groups -OCH3 is 2. The molecule has 0 bridgehead atoms. The molecule has 156 valence electrons. The monoisotopic (exact) mass is 437 g/mol. The van der Waals surface area contributed by atoms with E-state index in [-0.39, 0.29) is 17.6 Å². The first-order valence-electron chi connectivity index (χ1n) is 9.03. The van der Waals surface area contributed by atoms with Crippen molar-refractivity contribution in [1.29, 1.82) is 0 Å². The van der Waals surface area contributed by atoms with E-state index in [1.54, 1.807) is 14.2 Å². The number of hydrogen-bond acceptors (Lipinski definition) is 8. The van der Waals surface area contributed by atoms with Crippen molar-refractivity contribution >= 4 is 35.0 Å². The van der Waals surface area contributed by atoms with Gasteiger partial charge in [0.15, 0.2) is 10.0 Å². The number of carbonyl (C=O) groups is 2. The van der Waals surface area contributed by atoms with E-state index in [1.165, 1.54) is 28.5 Å². The van der Waals surface area contributed by atoms with Gasteiger partial charge in [0, 0.05) is 29.7 Å². The molecule has 2 heterocycles. The van der Waals surface area contributed by atoms with Crippen LogP contribution in [0.15, 0.2) is 27.9 Å². The topological polar surface area (TPSA) is 115 Å². The highest BCUT2D eigenvalue weighted by Crippen LogP contribution is 2.35. The quantitative estimate of drug-likeness (QED) is 0.576. The number of carboxylic acid groups (broad SMARTS) is 1. The van der Waals surface area contributed by atoms with Crippen LogP contribution in [0.1, 0.15) is 34.9 Å². The lowest BCUT2D eigenvalue weighted by molar-refractivity contribution is -0.128. The standard InChI is InChI=1S/C19H23N3O5S2/c1-26-11-3-5-15(27-2)12(9-11)17(20)14-4-6-16(23)22(14)7-8-28-19-21-13(10-29-19)18(24)25/h3,5,9-10,14,17H,4,6-8,20H2,1-2H3,(H,24,25)/t14-,17?/m1/s1. The van der Waals surface area contributed by atoms with Crippen LogP contribution in [0.5, 0.6) is 11.5 Å². The SMILES string of the molecule is COc1ccc(OC)c(C(N)[C@H]2CCC(=O)N2CCSc2nc(C(=O)O)cs2)c1. The van der Waals surface area contributed by atoms with Crippen LogP contribution in [-0.2, 0) is 4.79 Å². The number of carboxylic acids is 1. The third-order valence-corrected chi connectivity index (χ3v) is 6.85. The molecule has 0 saturated carbocycles. The van der Waals surface area contributed by atoms with Crippen LogP contribution >= 0.6 is 23.1 Å². The van der Waals surface area contributed by atoms with E-state index in [0.29, 0.717) is 41.0 Å². The first kappa shape index (κ1) is 21.4. The molecule has 0 spiro atoms. The van der Waals surface area contributed by atoms with Gasteiger partial charge in [-0.25, -0.2) is 9.78 Å². The van der Waals surface area contributed by atoms with Gasteiger partial charge in [-0.15, -0.1) is 11.3 Å².